The van der Waals surface area contributed by atoms with Gasteiger partial charge in [-0.3, -0.25) is 0 Å². The molecule has 2 rings (SSSR count). The van der Waals surface area contributed by atoms with E-state index in [2.05, 4.69) is 21.2 Å². The van der Waals surface area contributed by atoms with Gasteiger partial charge in [-0.1, -0.05) is 12.2 Å². The summed E-state index contributed by atoms with van der Waals surface area (Å²) in [7, 11) is 0. The van der Waals surface area contributed by atoms with Crippen LogP contribution in [0.5, 0.6) is 0 Å². The van der Waals surface area contributed by atoms with Crippen LogP contribution in [-0.2, 0) is 0 Å². The Labute approximate surface area is 89.4 Å². The summed E-state index contributed by atoms with van der Waals surface area (Å²) in [6, 6.07) is 2.02. The molecule has 2 atom stereocenters. The Balaban J connectivity index is 2.17. The fraction of sp³-hybridized carbons (Fsp3) is 0.333. The Bertz CT molecular complexity index is 323. The molecule has 0 aromatic carbocycles. The van der Waals surface area contributed by atoms with Crippen LogP contribution in [0.4, 0.5) is 0 Å². The summed E-state index contributed by atoms with van der Waals surface area (Å²) >= 11 is 4.99. The number of nitrogens with one attached hydrogen (secondary N) is 1. The Kier molecular flexibility index (Phi) is 2.83. The van der Waals surface area contributed by atoms with Gasteiger partial charge in [0.05, 0.1) is 6.04 Å². The third kappa shape index (κ3) is 1.86. The molecule has 70 valence electrons. The van der Waals surface area contributed by atoms with Crippen molar-refractivity contribution in [1.29, 1.82) is 0 Å². The van der Waals surface area contributed by atoms with Crippen molar-refractivity contribution in [2.75, 3.05) is 6.54 Å². The van der Waals surface area contributed by atoms with E-state index in [1.807, 2.05) is 23.6 Å². The average molecular weight is 260 g/mol. The zero-order chi connectivity index (χ0) is 9.26. The Hall–Kier alpha value is -0.160. The number of thiophene rings is 1. The predicted molar refractivity (Wildman–Crippen MR) is 57.9 cm³/mol. The fourth-order valence-electron chi connectivity index (χ4n) is 1.38. The Morgan fingerprint density at radius 1 is 1.69 bits per heavy atom. The maximum absolute atomic E-state index is 9.96. The van der Waals surface area contributed by atoms with Gasteiger partial charge < -0.3 is 10.4 Å². The van der Waals surface area contributed by atoms with Crippen LogP contribution in [0.2, 0.25) is 0 Å². The zero-order valence-corrected chi connectivity index (χ0v) is 9.31. The lowest BCUT2D eigenvalue weighted by Gasteiger charge is -2.16. The molecule has 13 heavy (non-hydrogen) atoms. The maximum Gasteiger partial charge on any atom is 0.108 e. The van der Waals surface area contributed by atoms with Crippen molar-refractivity contribution in [3.05, 3.63) is 32.9 Å². The molecule has 2 N–H and O–H groups in total. The van der Waals surface area contributed by atoms with E-state index in [0.29, 0.717) is 0 Å². The van der Waals surface area contributed by atoms with E-state index in [9.17, 15) is 5.11 Å². The number of aliphatic hydroxyl groups is 1. The normalized spacial score (nSPS) is 23.7. The molecule has 0 fully saturated rings. The summed E-state index contributed by atoms with van der Waals surface area (Å²) in [5.41, 5.74) is 0. The van der Waals surface area contributed by atoms with Crippen molar-refractivity contribution < 1.29 is 5.11 Å². The molecular formula is C9H10BrNOS. The molecule has 2 nitrogen and oxygen atoms in total. The first-order chi connectivity index (χ1) is 6.29. The molecule has 0 saturated carbocycles. The van der Waals surface area contributed by atoms with Gasteiger partial charge in [0.25, 0.3) is 0 Å². The molecule has 0 radical (unpaired) electrons. The smallest absolute Gasteiger partial charge is 0.108 e. The van der Waals surface area contributed by atoms with Gasteiger partial charge in [-0.15, -0.1) is 11.3 Å². The average Bonchev–Trinajstić information content (AvgIpc) is 2.72. The van der Waals surface area contributed by atoms with Crippen molar-refractivity contribution in [3.8, 4) is 0 Å². The molecule has 1 aliphatic rings. The van der Waals surface area contributed by atoms with Crippen LogP contribution in [0.3, 0.4) is 0 Å². The van der Waals surface area contributed by atoms with Crippen molar-refractivity contribution in [1.82, 2.24) is 5.32 Å². The number of rotatable bonds is 2. The van der Waals surface area contributed by atoms with E-state index in [0.717, 1.165) is 15.9 Å². The van der Waals surface area contributed by atoms with Gasteiger partial charge in [0.2, 0.25) is 0 Å². The molecule has 2 heterocycles. The molecule has 0 spiro atoms. The maximum atomic E-state index is 9.96. The highest BCUT2D eigenvalue weighted by Crippen LogP contribution is 2.31. The number of halogens is 1. The summed E-state index contributed by atoms with van der Waals surface area (Å²) in [4.78, 5) is 0.990. The van der Waals surface area contributed by atoms with Crippen molar-refractivity contribution in [3.63, 3.8) is 0 Å². The molecule has 0 saturated heterocycles. The van der Waals surface area contributed by atoms with E-state index in [4.69, 9.17) is 0 Å². The Morgan fingerprint density at radius 2 is 2.54 bits per heavy atom. The van der Waals surface area contributed by atoms with E-state index in [1.165, 1.54) is 0 Å². The Morgan fingerprint density at radius 3 is 3.08 bits per heavy atom. The summed E-state index contributed by atoms with van der Waals surface area (Å²) in [5, 5.41) is 15.1. The first-order valence-corrected chi connectivity index (χ1v) is 5.77. The van der Waals surface area contributed by atoms with Crippen LogP contribution in [0.1, 0.15) is 11.0 Å². The molecule has 0 aliphatic carbocycles. The van der Waals surface area contributed by atoms with Crippen LogP contribution in [0.15, 0.2) is 28.1 Å². The van der Waals surface area contributed by atoms with E-state index >= 15 is 0 Å². The van der Waals surface area contributed by atoms with Crippen LogP contribution >= 0.6 is 27.3 Å². The second-order valence-electron chi connectivity index (χ2n) is 2.94. The minimum absolute atomic E-state index is 0.0648. The highest BCUT2D eigenvalue weighted by atomic mass is 79.9. The molecule has 0 bridgehead atoms. The third-order valence-corrected chi connectivity index (χ3v) is 4.01. The highest BCUT2D eigenvalue weighted by molar-refractivity contribution is 9.10. The largest absolute Gasteiger partial charge is 0.386 e. The number of aliphatic hydroxyl groups excluding tert-OH is 1. The van der Waals surface area contributed by atoms with Gasteiger partial charge in [-0.2, -0.15) is 0 Å². The van der Waals surface area contributed by atoms with Gasteiger partial charge in [0.15, 0.2) is 0 Å². The summed E-state index contributed by atoms with van der Waals surface area (Å²) in [6.45, 7) is 0.852. The van der Waals surface area contributed by atoms with Crippen molar-refractivity contribution >= 4 is 27.3 Å². The second-order valence-corrected chi connectivity index (χ2v) is 4.74. The van der Waals surface area contributed by atoms with E-state index in [-0.39, 0.29) is 6.04 Å². The molecule has 0 amide bonds. The first kappa shape index (κ1) is 9.40. The van der Waals surface area contributed by atoms with Crippen LogP contribution in [0.25, 0.3) is 0 Å². The minimum Gasteiger partial charge on any atom is -0.386 e. The lowest BCUT2D eigenvalue weighted by atomic mass is 10.1. The zero-order valence-electron chi connectivity index (χ0n) is 6.90. The molecular weight excluding hydrogens is 250 g/mol. The van der Waals surface area contributed by atoms with Gasteiger partial charge in [-0.05, 0) is 27.4 Å². The third-order valence-electron chi connectivity index (χ3n) is 2.07. The molecule has 4 heteroatoms. The minimum atomic E-state index is -0.437. The molecule has 1 aromatic rings. The number of hydrogen-bond acceptors (Lipinski definition) is 3. The quantitative estimate of drug-likeness (QED) is 0.798. The van der Waals surface area contributed by atoms with Crippen molar-refractivity contribution in [2.24, 2.45) is 0 Å². The molecule has 1 aliphatic heterocycles. The summed E-state index contributed by atoms with van der Waals surface area (Å²) in [5.74, 6) is 0. The standard InChI is InChI=1S/C9H10BrNOS/c10-6-3-5-13-9(6)8(12)7-2-1-4-11-7/h1-3,5,7-8,11-12H,4H2. The van der Waals surface area contributed by atoms with E-state index < -0.39 is 6.10 Å². The van der Waals surface area contributed by atoms with Gasteiger partial charge in [0.1, 0.15) is 6.10 Å². The monoisotopic (exact) mass is 259 g/mol. The molecule has 2 unspecified atom stereocenters. The SMILES string of the molecule is OC(c1sccc1Br)C1C=CCN1. The van der Waals surface area contributed by atoms with Gasteiger partial charge in [0, 0.05) is 15.9 Å². The van der Waals surface area contributed by atoms with E-state index in [1.54, 1.807) is 11.3 Å². The van der Waals surface area contributed by atoms with Gasteiger partial charge in [-0.25, -0.2) is 0 Å². The predicted octanol–water partition coefficient (Wildman–Crippen LogP) is 2.07. The fourth-order valence-corrected chi connectivity index (χ4v) is 3.02. The second kappa shape index (κ2) is 3.92. The molecule has 1 aromatic heterocycles. The van der Waals surface area contributed by atoms with Crippen molar-refractivity contribution in [2.45, 2.75) is 12.1 Å². The van der Waals surface area contributed by atoms with Crippen LogP contribution in [0, 0.1) is 0 Å². The lowest BCUT2D eigenvalue weighted by Crippen LogP contribution is -2.28. The number of hydrogen-bond donors (Lipinski definition) is 2. The first-order valence-electron chi connectivity index (χ1n) is 4.10. The van der Waals surface area contributed by atoms with Gasteiger partial charge >= 0.3 is 0 Å². The summed E-state index contributed by atoms with van der Waals surface area (Å²) < 4.78 is 0.993. The highest BCUT2D eigenvalue weighted by Gasteiger charge is 2.22. The van der Waals surface area contributed by atoms with Crippen LogP contribution < -0.4 is 5.32 Å². The summed E-state index contributed by atoms with van der Waals surface area (Å²) in [6.07, 6.45) is 3.61. The topological polar surface area (TPSA) is 32.3 Å². The lowest BCUT2D eigenvalue weighted by molar-refractivity contribution is 0.155. The van der Waals surface area contributed by atoms with Crippen LogP contribution in [-0.4, -0.2) is 17.7 Å².